The van der Waals surface area contributed by atoms with Gasteiger partial charge in [-0.3, -0.25) is 0 Å². The lowest BCUT2D eigenvalue weighted by Gasteiger charge is -2.09. The summed E-state index contributed by atoms with van der Waals surface area (Å²) >= 11 is 12.2. The van der Waals surface area contributed by atoms with Gasteiger partial charge in [-0.2, -0.15) is 0 Å². The third-order valence-corrected chi connectivity index (χ3v) is 3.57. The van der Waals surface area contributed by atoms with Crippen molar-refractivity contribution in [1.29, 1.82) is 0 Å². The predicted octanol–water partition coefficient (Wildman–Crippen LogP) is 4.20. The van der Waals surface area contributed by atoms with Gasteiger partial charge < -0.3 is 9.30 Å². The maximum absolute atomic E-state index is 6.22. The second-order valence-electron chi connectivity index (χ2n) is 4.79. The van der Waals surface area contributed by atoms with Gasteiger partial charge in [-0.15, -0.1) is 11.6 Å². The molecule has 0 amide bonds. The minimum Gasteiger partial charge on any atom is -0.385 e. The number of fused-ring (bicyclic) bond motifs is 1. The summed E-state index contributed by atoms with van der Waals surface area (Å²) in [5.74, 6) is 0.850. The zero-order chi connectivity index (χ0) is 14.5. The molecule has 0 aliphatic carbocycles. The average Bonchev–Trinajstić information content (AvgIpc) is 2.76. The Morgan fingerprint density at radius 1 is 1.35 bits per heavy atom. The lowest BCUT2D eigenvalue weighted by atomic mass is 10.2. The Bertz CT molecular complexity index is 569. The number of nitrogens with zero attached hydrogens (tertiary/aromatic N) is 3. The van der Waals surface area contributed by atoms with E-state index in [0.717, 1.165) is 49.4 Å². The number of pyridine rings is 1. The van der Waals surface area contributed by atoms with Gasteiger partial charge in [-0.05, 0) is 32.3 Å². The highest BCUT2D eigenvalue weighted by atomic mass is 35.5. The fourth-order valence-electron chi connectivity index (χ4n) is 2.22. The second-order valence-corrected chi connectivity index (χ2v) is 5.88. The second kappa shape index (κ2) is 7.25. The molecule has 0 saturated carbocycles. The van der Waals surface area contributed by atoms with Crippen molar-refractivity contribution >= 4 is 34.4 Å². The number of hydrogen-bond acceptors (Lipinski definition) is 3. The lowest BCUT2D eigenvalue weighted by Crippen LogP contribution is -2.05. The SMILES string of the molecule is COCCCCCn1c(C(C)Cl)nc2cc(Cl)cnc21. The van der Waals surface area contributed by atoms with Crippen LogP contribution in [0.15, 0.2) is 12.3 Å². The molecule has 0 bridgehead atoms. The van der Waals surface area contributed by atoms with Crippen molar-refractivity contribution in [2.75, 3.05) is 13.7 Å². The number of imidazole rings is 1. The molecule has 2 aromatic rings. The van der Waals surface area contributed by atoms with E-state index in [4.69, 9.17) is 27.9 Å². The molecule has 0 radical (unpaired) electrons. The van der Waals surface area contributed by atoms with Crippen LogP contribution in [0.5, 0.6) is 0 Å². The van der Waals surface area contributed by atoms with E-state index in [0.29, 0.717) is 5.02 Å². The zero-order valence-electron chi connectivity index (χ0n) is 11.8. The van der Waals surface area contributed by atoms with E-state index < -0.39 is 0 Å². The molecule has 6 heteroatoms. The molecular weight excluding hydrogens is 297 g/mol. The van der Waals surface area contributed by atoms with Crippen molar-refractivity contribution in [3.63, 3.8) is 0 Å². The zero-order valence-corrected chi connectivity index (χ0v) is 13.3. The van der Waals surface area contributed by atoms with Gasteiger partial charge in [-0.1, -0.05) is 11.6 Å². The van der Waals surface area contributed by atoms with Gasteiger partial charge in [0.15, 0.2) is 5.65 Å². The minimum atomic E-state index is -0.151. The highest BCUT2D eigenvalue weighted by Crippen LogP contribution is 2.25. The smallest absolute Gasteiger partial charge is 0.160 e. The molecule has 0 fully saturated rings. The van der Waals surface area contributed by atoms with Crippen LogP contribution in [0.2, 0.25) is 5.02 Å². The Kier molecular flexibility index (Phi) is 5.64. The Morgan fingerprint density at radius 3 is 2.85 bits per heavy atom. The number of halogens is 2. The number of rotatable bonds is 7. The van der Waals surface area contributed by atoms with E-state index in [1.807, 2.05) is 13.0 Å². The number of alkyl halides is 1. The largest absolute Gasteiger partial charge is 0.385 e. The monoisotopic (exact) mass is 315 g/mol. The van der Waals surface area contributed by atoms with Crippen LogP contribution in [0, 0.1) is 0 Å². The van der Waals surface area contributed by atoms with Crippen molar-refractivity contribution in [3.8, 4) is 0 Å². The fraction of sp³-hybridized carbons (Fsp3) is 0.571. The van der Waals surface area contributed by atoms with Crippen molar-refractivity contribution < 1.29 is 4.74 Å². The van der Waals surface area contributed by atoms with E-state index in [1.165, 1.54) is 0 Å². The molecule has 0 aliphatic rings. The molecule has 0 aromatic carbocycles. The van der Waals surface area contributed by atoms with Crippen LogP contribution in [0.25, 0.3) is 11.2 Å². The Hall–Kier alpha value is -0.840. The molecule has 4 nitrogen and oxygen atoms in total. The first-order chi connectivity index (χ1) is 9.63. The number of methoxy groups -OCH3 is 1. The summed E-state index contributed by atoms with van der Waals surface area (Å²) < 4.78 is 7.15. The van der Waals surface area contributed by atoms with Gasteiger partial charge in [0, 0.05) is 26.5 Å². The van der Waals surface area contributed by atoms with Gasteiger partial charge in [-0.25, -0.2) is 9.97 Å². The summed E-state index contributed by atoms with van der Waals surface area (Å²) in [4.78, 5) is 8.93. The quantitative estimate of drug-likeness (QED) is 0.568. The van der Waals surface area contributed by atoms with Gasteiger partial charge in [0.05, 0.1) is 10.4 Å². The maximum Gasteiger partial charge on any atom is 0.160 e. The van der Waals surface area contributed by atoms with Crippen LogP contribution in [0.4, 0.5) is 0 Å². The van der Waals surface area contributed by atoms with Gasteiger partial charge in [0.2, 0.25) is 0 Å². The molecule has 20 heavy (non-hydrogen) atoms. The highest BCUT2D eigenvalue weighted by Gasteiger charge is 2.15. The van der Waals surface area contributed by atoms with E-state index in [-0.39, 0.29) is 5.38 Å². The molecule has 0 N–H and O–H groups in total. The van der Waals surface area contributed by atoms with Crippen LogP contribution in [-0.2, 0) is 11.3 Å². The van der Waals surface area contributed by atoms with Crippen LogP contribution >= 0.6 is 23.2 Å². The fourth-order valence-corrected chi connectivity index (χ4v) is 2.54. The minimum absolute atomic E-state index is 0.151. The van der Waals surface area contributed by atoms with Gasteiger partial charge in [0.1, 0.15) is 11.3 Å². The molecule has 110 valence electrons. The Labute approximate surface area is 129 Å². The van der Waals surface area contributed by atoms with E-state index in [9.17, 15) is 0 Å². The highest BCUT2D eigenvalue weighted by molar-refractivity contribution is 6.31. The van der Waals surface area contributed by atoms with E-state index in [2.05, 4.69) is 14.5 Å². The molecule has 1 atom stereocenters. The summed E-state index contributed by atoms with van der Waals surface area (Å²) in [6.07, 6.45) is 4.87. The third kappa shape index (κ3) is 3.62. The number of unbranched alkanes of at least 4 members (excludes halogenated alkanes) is 2. The first kappa shape index (κ1) is 15.5. The lowest BCUT2D eigenvalue weighted by molar-refractivity contribution is 0.191. The average molecular weight is 316 g/mol. The molecule has 1 unspecified atom stereocenters. The number of ether oxygens (including phenoxy) is 1. The topological polar surface area (TPSA) is 39.9 Å². The normalized spacial score (nSPS) is 13.0. The molecular formula is C14H19Cl2N3O. The maximum atomic E-state index is 6.22. The Morgan fingerprint density at radius 2 is 2.15 bits per heavy atom. The van der Waals surface area contributed by atoms with Crippen LogP contribution < -0.4 is 0 Å². The summed E-state index contributed by atoms with van der Waals surface area (Å²) in [6.45, 7) is 3.59. The van der Waals surface area contributed by atoms with Crippen molar-refractivity contribution in [2.45, 2.75) is 38.1 Å². The van der Waals surface area contributed by atoms with Crippen LogP contribution in [0.3, 0.4) is 0 Å². The molecule has 0 aliphatic heterocycles. The van der Waals surface area contributed by atoms with Crippen molar-refractivity contribution in [3.05, 3.63) is 23.1 Å². The number of aryl methyl sites for hydroxylation is 1. The Balaban J connectivity index is 2.18. The van der Waals surface area contributed by atoms with E-state index >= 15 is 0 Å². The molecule has 2 heterocycles. The van der Waals surface area contributed by atoms with Gasteiger partial charge in [0.25, 0.3) is 0 Å². The van der Waals surface area contributed by atoms with E-state index in [1.54, 1.807) is 13.3 Å². The molecule has 0 saturated heterocycles. The molecule has 0 spiro atoms. The third-order valence-electron chi connectivity index (χ3n) is 3.17. The summed E-state index contributed by atoms with van der Waals surface area (Å²) in [7, 11) is 1.73. The first-order valence-corrected chi connectivity index (χ1v) is 7.59. The molecule has 2 aromatic heterocycles. The first-order valence-electron chi connectivity index (χ1n) is 6.78. The standard InChI is InChI=1S/C14H19Cl2N3O/c1-10(15)13-18-12-8-11(16)9-17-14(12)19(13)6-4-3-5-7-20-2/h8-10H,3-7H2,1-2H3. The molecule has 2 rings (SSSR count). The van der Waals surface area contributed by atoms with Crippen molar-refractivity contribution in [2.24, 2.45) is 0 Å². The van der Waals surface area contributed by atoms with Gasteiger partial charge >= 0.3 is 0 Å². The predicted molar refractivity (Wildman–Crippen MR) is 82.5 cm³/mol. The summed E-state index contributed by atoms with van der Waals surface area (Å²) in [6, 6.07) is 1.83. The summed E-state index contributed by atoms with van der Waals surface area (Å²) in [5.41, 5.74) is 1.65. The van der Waals surface area contributed by atoms with Crippen molar-refractivity contribution in [1.82, 2.24) is 14.5 Å². The van der Waals surface area contributed by atoms with Crippen LogP contribution in [0.1, 0.15) is 37.4 Å². The van der Waals surface area contributed by atoms with Crippen LogP contribution in [-0.4, -0.2) is 28.3 Å². The summed E-state index contributed by atoms with van der Waals surface area (Å²) in [5, 5.41) is 0.443. The number of hydrogen-bond donors (Lipinski definition) is 0. The number of aromatic nitrogens is 3.